The minimum absolute atomic E-state index is 0.0894. The molecule has 8 heteroatoms. The van der Waals surface area contributed by atoms with Gasteiger partial charge in [0.2, 0.25) is 10.0 Å². The number of hydrogen-bond acceptors (Lipinski definition) is 5. The Morgan fingerprint density at radius 1 is 1.30 bits per heavy atom. The molecule has 1 aromatic carbocycles. The Labute approximate surface area is 159 Å². The number of benzene rings is 1. The smallest absolute Gasteiger partial charge is 0.251 e. The number of carbonyl (C=O) groups is 1. The van der Waals surface area contributed by atoms with E-state index in [2.05, 4.69) is 10.5 Å². The van der Waals surface area contributed by atoms with E-state index in [0.29, 0.717) is 17.8 Å². The van der Waals surface area contributed by atoms with Crippen molar-refractivity contribution in [1.29, 1.82) is 0 Å². The third-order valence-corrected chi connectivity index (χ3v) is 6.54. The maximum atomic E-state index is 13.0. The molecule has 1 aromatic heterocycles. The van der Waals surface area contributed by atoms with Crippen LogP contribution in [0.5, 0.6) is 0 Å². The van der Waals surface area contributed by atoms with Gasteiger partial charge in [0.15, 0.2) is 0 Å². The minimum Gasteiger partial charge on any atom is -0.361 e. The highest BCUT2D eigenvalue weighted by Crippen LogP contribution is 2.26. The van der Waals surface area contributed by atoms with Gasteiger partial charge in [-0.1, -0.05) is 18.1 Å². The molecule has 0 saturated heterocycles. The van der Waals surface area contributed by atoms with Crippen LogP contribution >= 0.6 is 0 Å². The molecule has 0 spiro atoms. The molecule has 0 aliphatic heterocycles. The van der Waals surface area contributed by atoms with Crippen molar-refractivity contribution < 1.29 is 17.7 Å². The van der Waals surface area contributed by atoms with E-state index in [1.807, 2.05) is 6.92 Å². The summed E-state index contributed by atoms with van der Waals surface area (Å²) in [6, 6.07) is 6.10. The largest absolute Gasteiger partial charge is 0.361 e. The molecule has 0 fully saturated rings. The summed E-state index contributed by atoms with van der Waals surface area (Å²) in [4.78, 5) is 12.2. The molecule has 1 aliphatic carbocycles. The van der Waals surface area contributed by atoms with Crippen molar-refractivity contribution in [1.82, 2.24) is 14.8 Å². The number of rotatable bonds is 7. The zero-order valence-electron chi connectivity index (χ0n) is 15.7. The summed E-state index contributed by atoms with van der Waals surface area (Å²) in [5.74, 6) is 0.596. The number of sulfonamides is 1. The fourth-order valence-corrected chi connectivity index (χ4v) is 4.37. The lowest BCUT2D eigenvalue weighted by Crippen LogP contribution is -2.28. The number of carbonyl (C=O) groups excluding carboxylic acids is 1. The van der Waals surface area contributed by atoms with Crippen LogP contribution in [0.2, 0.25) is 0 Å². The molecule has 1 amide bonds. The summed E-state index contributed by atoms with van der Waals surface area (Å²) in [6.07, 6.45) is 4.67. The first-order valence-electron chi connectivity index (χ1n) is 9.24. The Balaban J connectivity index is 1.79. The molecule has 0 atom stereocenters. The molecule has 2 aromatic rings. The van der Waals surface area contributed by atoms with Gasteiger partial charge in [-0.05, 0) is 43.9 Å². The molecule has 0 radical (unpaired) electrons. The zero-order valence-corrected chi connectivity index (χ0v) is 16.5. The first-order chi connectivity index (χ1) is 12.9. The molecule has 0 bridgehead atoms. The monoisotopic (exact) mass is 391 g/mol. The maximum absolute atomic E-state index is 13.0. The van der Waals surface area contributed by atoms with E-state index in [9.17, 15) is 13.2 Å². The fraction of sp³-hybridized carbons (Fsp3) is 0.474. The fourth-order valence-electron chi connectivity index (χ4n) is 3.19. The summed E-state index contributed by atoms with van der Waals surface area (Å²) in [6.45, 7) is 2.65. The van der Waals surface area contributed by atoms with E-state index in [4.69, 9.17) is 4.52 Å². The summed E-state index contributed by atoms with van der Waals surface area (Å²) < 4.78 is 32.5. The molecule has 1 aliphatic rings. The van der Waals surface area contributed by atoms with Crippen molar-refractivity contribution in [3.8, 4) is 0 Å². The van der Waals surface area contributed by atoms with Gasteiger partial charge in [0, 0.05) is 31.1 Å². The second-order valence-corrected chi connectivity index (χ2v) is 8.83. The molecular formula is C19H25N3O4S. The molecule has 27 heavy (non-hydrogen) atoms. The van der Waals surface area contributed by atoms with Crippen LogP contribution in [0.3, 0.4) is 0 Å². The highest BCUT2D eigenvalue weighted by atomic mass is 32.2. The number of hydrogen-bond donors (Lipinski definition) is 1. The van der Waals surface area contributed by atoms with Gasteiger partial charge in [0.25, 0.3) is 5.91 Å². The second-order valence-electron chi connectivity index (χ2n) is 6.78. The molecule has 146 valence electrons. The topological polar surface area (TPSA) is 92.5 Å². The van der Waals surface area contributed by atoms with Gasteiger partial charge in [-0.25, -0.2) is 8.42 Å². The Kier molecular flexibility index (Phi) is 5.96. The number of nitrogens with one attached hydrogen (secondary N) is 1. The van der Waals surface area contributed by atoms with Crippen molar-refractivity contribution in [2.75, 3.05) is 13.6 Å². The van der Waals surface area contributed by atoms with E-state index in [0.717, 1.165) is 43.4 Å². The summed E-state index contributed by atoms with van der Waals surface area (Å²) >= 11 is 0. The SMILES string of the molecule is CCCNC(=O)c1cccc(S(=O)(=O)N(C)Cc2noc3c2CCCC3)c1. The first-order valence-corrected chi connectivity index (χ1v) is 10.7. The lowest BCUT2D eigenvalue weighted by atomic mass is 9.96. The zero-order chi connectivity index (χ0) is 19.4. The van der Waals surface area contributed by atoms with Gasteiger partial charge in [-0.15, -0.1) is 0 Å². The molecule has 0 unspecified atom stereocenters. The molecular weight excluding hydrogens is 366 g/mol. The molecule has 1 N–H and O–H groups in total. The van der Waals surface area contributed by atoms with Crippen molar-refractivity contribution in [3.63, 3.8) is 0 Å². The van der Waals surface area contributed by atoms with Crippen LogP contribution in [-0.4, -0.2) is 37.4 Å². The standard InChI is InChI=1S/C19H25N3O4S/c1-3-11-20-19(23)14-7-6-8-15(12-14)27(24,25)22(2)13-17-16-9-4-5-10-18(16)26-21-17/h6-8,12H,3-5,9-11,13H2,1-2H3,(H,20,23). The second kappa shape index (κ2) is 8.22. The van der Waals surface area contributed by atoms with Crippen LogP contribution in [0, 0.1) is 0 Å². The van der Waals surface area contributed by atoms with Crippen LogP contribution < -0.4 is 5.32 Å². The van der Waals surface area contributed by atoms with Crippen molar-refractivity contribution in [2.24, 2.45) is 0 Å². The van der Waals surface area contributed by atoms with Crippen LogP contribution in [0.25, 0.3) is 0 Å². The number of amides is 1. The van der Waals surface area contributed by atoms with E-state index >= 15 is 0 Å². The third kappa shape index (κ3) is 4.22. The summed E-state index contributed by atoms with van der Waals surface area (Å²) in [5.41, 5.74) is 2.04. The van der Waals surface area contributed by atoms with Crippen molar-refractivity contribution in [3.05, 3.63) is 46.8 Å². The average molecular weight is 391 g/mol. The normalized spacial score (nSPS) is 14.2. The Morgan fingerprint density at radius 3 is 2.85 bits per heavy atom. The highest BCUT2D eigenvalue weighted by molar-refractivity contribution is 7.89. The lowest BCUT2D eigenvalue weighted by Gasteiger charge is -2.18. The number of fused-ring (bicyclic) bond motifs is 1. The number of aryl methyl sites for hydroxylation is 1. The van der Waals surface area contributed by atoms with Gasteiger partial charge < -0.3 is 9.84 Å². The highest BCUT2D eigenvalue weighted by Gasteiger charge is 2.26. The average Bonchev–Trinajstić information content (AvgIpc) is 3.09. The van der Waals surface area contributed by atoms with Gasteiger partial charge in [0.1, 0.15) is 11.5 Å². The molecule has 1 heterocycles. The minimum atomic E-state index is -3.75. The van der Waals surface area contributed by atoms with Gasteiger partial charge >= 0.3 is 0 Å². The lowest BCUT2D eigenvalue weighted by molar-refractivity contribution is 0.0953. The maximum Gasteiger partial charge on any atom is 0.251 e. The first kappa shape index (κ1) is 19.6. The van der Waals surface area contributed by atoms with Gasteiger partial charge in [-0.3, -0.25) is 4.79 Å². The quantitative estimate of drug-likeness (QED) is 0.783. The third-order valence-electron chi connectivity index (χ3n) is 4.74. The predicted molar refractivity (Wildman–Crippen MR) is 101 cm³/mol. The van der Waals surface area contributed by atoms with Gasteiger partial charge in [0.05, 0.1) is 11.4 Å². The van der Waals surface area contributed by atoms with Crippen LogP contribution in [0.4, 0.5) is 0 Å². The van der Waals surface area contributed by atoms with Crippen LogP contribution in [0.1, 0.15) is 53.6 Å². The molecule has 3 rings (SSSR count). The van der Waals surface area contributed by atoms with E-state index in [-0.39, 0.29) is 17.3 Å². The van der Waals surface area contributed by atoms with E-state index < -0.39 is 10.0 Å². The predicted octanol–water partition coefficient (Wildman–Crippen LogP) is 2.51. The van der Waals surface area contributed by atoms with E-state index in [1.54, 1.807) is 12.1 Å². The molecule has 7 nitrogen and oxygen atoms in total. The number of nitrogens with zero attached hydrogens (tertiary/aromatic N) is 2. The summed E-state index contributed by atoms with van der Waals surface area (Å²) in [5, 5.41) is 6.84. The van der Waals surface area contributed by atoms with Crippen molar-refractivity contribution in [2.45, 2.75) is 50.5 Å². The number of aromatic nitrogens is 1. The van der Waals surface area contributed by atoms with Crippen LogP contribution in [-0.2, 0) is 29.4 Å². The van der Waals surface area contributed by atoms with Crippen molar-refractivity contribution >= 4 is 15.9 Å². The Hall–Kier alpha value is -2.19. The van der Waals surface area contributed by atoms with Gasteiger partial charge in [-0.2, -0.15) is 4.31 Å². The van der Waals surface area contributed by atoms with E-state index in [1.165, 1.54) is 23.5 Å². The Morgan fingerprint density at radius 2 is 2.07 bits per heavy atom. The summed E-state index contributed by atoms with van der Waals surface area (Å²) in [7, 11) is -2.23. The molecule has 0 saturated carbocycles. The van der Waals surface area contributed by atoms with Crippen LogP contribution in [0.15, 0.2) is 33.7 Å². The Bertz CT molecular complexity index is 921.